The molecule has 84 valence electrons. The Morgan fingerprint density at radius 3 is 2.80 bits per heavy atom. The SMILES string of the molecule is CNC(C)c1cc(C)ccc1OCCF. The van der Waals surface area contributed by atoms with Crippen molar-refractivity contribution in [2.24, 2.45) is 0 Å². The van der Waals surface area contributed by atoms with Crippen molar-refractivity contribution in [1.82, 2.24) is 5.32 Å². The van der Waals surface area contributed by atoms with E-state index < -0.39 is 6.67 Å². The molecule has 2 nitrogen and oxygen atoms in total. The molecule has 0 aromatic heterocycles. The lowest BCUT2D eigenvalue weighted by molar-refractivity contribution is 0.269. The van der Waals surface area contributed by atoms with E-state index in [-0.39, 0.29) is 12.6 Å². The number of halogens is 1. The second-order valence-electron chi connectivity index (χ2n) is 3.59. The van der Waals surface area contributed by atoms with Crippen molar-refractivity contribution >= 4 is 0 Å². The molecule has 0 amide bonds. The van der Waals surface area contributed by atoms with Crippen LogP contribution in [0.2, 0.25) is 0 Å². The summed E-state index contributed by atoms with van der Waals surface area (Å²) in [6.45, 7) is 3.75. The summed E-state index contributed by atoms with van der Waals surface area (Å²) in [5, 5.41) is 3.15. The summed E-state index contributed by atoms with van der Waals surface area (Å²) in [7, 11) is 1.89. The Morgan fingerprint density at radius 2 is 2.20 bits per heavy atom. The standard InChI is InChI=1S/C12H18FNO/c1-9-4-5-12(15-7-6-13)11(8-9)10(2)14-3/h4-5,8,10,14H,6-7H2,1-3H3. The lowest BCUT2D eigenvalue weighted by Crippen LogP contribution is -2.14. The molecule has 3 heteroatoms. The van der Waals surface area contributed by atoms with Gasteiger partial charge in [0.1, 0.15) is 19.0 Å². The van der Waals surface area contributed by atoms with Crippen molar-refractivity contribution < 1.29 is 9.13 Å². The third-order valence-corrected chi connectivity index (χ3v) is 2.40. The minimum atomic E-state index is -0.457. The Balaban J connectivity index is 2.92. The number of hydrogen-bond donors (Lipinski definition) is 1. The van der Waals surface area contributed by atoms with Crippen LogP contribution in [0.1, 0.15) is 24.1 Å². The molecular formula is C12H18FNO. The van der Waals surface area contributed by atoms with Gasteiger partial charge in [-0.15, -0.1) is 0 Å². The van der Waals surface area contributed by atoms with Crippen LogP contribution < -0.4 is 10.1 Å². The van der Waals surface area contributed by atoms with Gasteiger partial charge in [0.25, 0.3) is 0 Å². The maximum atomic E-state index is 12.0. The zero-order valence-corrected chi connectivity index (χ0v) is 9.51. The van der Waals surface area contributed by atoms with Crippen molar-refractivity contribution in [2.45, 2.75) is 19.9 Å². The van der Waals surface area contributed by atoms with Gasteiger partial charge < -0.3 is 10.1 Å². The van der Waals surface area contributed by atoms with E-state index in [2.05, 4.69) is 18.3 Å². The predicted octanol–water partition coefficient (Wildman–Crippen LogP) is 2.62. The quantitative estimate of drug-likeness (QED) is 0.808. The van der Waals surface area contributed by atoms with Crippen LogP contribution in [0, 0.1) is 6.92 Å². The molecule has 0 bridgehead atoms. The molecule has 0 heterocycles. The lowest BCUT2D eigenvalue weighted by atomic mass is 10.0. The number of rotatable bonds is 5. The first-order valence-electron chi connectivity index (χ1n) is 5.15. The number of nitrogens with one attached hydrogen (secondary N) is 1. The monoisotopic (exact) mass is 211 g/mol. The fourth-order valence-electron chi connectivity index (χ4n) is 1.44. The van der Waals surface area contributed by atoms with Crippen molar-refractivity contribution in [2.75, 3.05) is 20.3 Å². The van der Waals surface area contributed by atoms with Crippen LogP contribution in [0.5, 0.6) is 5.75 Å². The van der Waals surface area contributed by atoms with Gasteiger partial charge in [0.2, 0.25) is 0 Å². The third-order valence-electron chi connectivity index (χ3n) is 2.40. The Hall–Kier alpha value is -1.09. The second kappa shape index (κ2) is 5.71. The van der Waals surface area contributed by atoms with Crippen molar-refractivity contribution in [3.05, 3.63) is 29.3 Å². The number of hydrogen-bond acceptors (Lipinski definition) is 2. The zero-order chi connectivity index (χ0) is 11.3. The summed E-state index contributed by atoms with van der Waals surface area (Å²) in [6.07, 6.45) is 0. The Kier molecular flexibility index (Phi) is 4.56. The summed E-state index contributed by atoms with van der Waals surface area (Å²) in [6, 6.07) is 6.14. The van der Waals surface area contributed by atoms with Gasteiger partial charge in [0.05, 0.1) is 0 Å². The molecule has 1 N–H and O–H groups in total. The van der Waals surface area contributed by atoms with Gasteiger partial charge in [0.15, 0.2) is 0 Å². The maximum Gasteiger partial charge on any atom is 0.124 e. The highest BCUT2D eigenvalue weighted by atomic mass is 19.1. The topological polar surface area (TPSA) is 21.3 Å². The molecule has 0 aliphatic heterocycles. The Bertz CT molecular complexity index is 314. The van der Waals surface area contributed by atoms with Gasteiger partial charge in [-0.05, 0) is 27.0 Å². The molecule has 0 spiro atoms. The molecule has 1 unspecified atom stereocenters. The summed E-state index contributed by atoms with van der Waals surface area (Å²) in [5.74, 6) is 0.764. The highest BCUT2D eigenvalue weighted by molar-refractivity contribution is 5.38. The highest BCUT2D eigenvalue weighted by Crippen LogP contribution is 2.26. The molecule has 0 aliphatic carbocycles. The molecule has 0 radical (unpaired) electrons. The van der Waals surface area contributed by atoms with Crippen LogP contribution in [0.3, 0.4) is 0 Å². The first-order valence-corrected chi connectivity index (χ1v) is 5.15. The summed E-state index contributed by atoms with van der Waals surface area (Å²) in [4.78, 5) is 0. The summed E-state index contributed by atoms with van der Waals surface area (Å²) >= 11 is 0. The lowest BCUT2D eigenvalue weighted by Gasteiger charge is -2.16. The maximum absolute atomic E-state index is 12.0. The normalized spacial score (nSPS) is 12.5. The smallest absolute Gasteiger partial charge is 0.124 e. The second-order valence-corrected chi connectivity index (χ2v) is 3.59. The Labute approximate surface area is 90.4 Å². The van der Waals surface area contributed by atoms with E-state index in [1.165, 1.54) is 5.56 Å². The number of alkyl halides is 1. The first kappa shape index (κ1) is 12.0. The number of benzene rings is 1. The van der Waals surface area contributed by atoms with Gasteiger partial charge in [-0.1, -0.05) is 17.7 Å². The molecule has 1 aromatic carbocycles. The largest absolute Gasteiger partial charge is 0.491 e. The fourth-order valence-corrected chi connectivity index (χ4v) is 1.44. The van der Waals surface area contributed by atoms with Gasteiger partial charge in [-0.3, -0.25) is 0 Å². The first-order chi connectivity index (χ1) is 7.19. The van der Waals surface area contributed by atoms with E-state index in [0.717, 1.165) is 11.3 Å². The van der Waals surface area contributed by atoms with Gasteiger partial charge in [-0.25, -0.2) is 4.39 Å². The zero-order valence-electron chi connectivity index (χ0n) is 9.51. The molecule has 1 rings (SSSR count). The molecule has 0 saturated carbocycles. The predicted molar refractivity (Wildman–Crippen MR) is 60.1 cm³/mol. The minimum Gasteiger partial charge on any atom is -0.491 e. The number of ether oxygens (including phenoxy) is 1. The van der Waals surface area contributed by atoms with E-state index in [1.807, 2.05) is 26.1 Å². The van der Waals surface area contributed by atoms with Crippen LogP contribution >= 0.6 is 0 Å². The van der Waals surface area contributed by atoms with Crippen molar-refractivity contribution in [1.29, 1.82) is 0 Å². The van der Waals surface area contributed by atoms with Crippen LogP contribution in [0.15, 0.2) is 18.2 Å². The molecule has 1 aromatic rings. The van der Waals surface area contributed by atoms with Crippen LogP contribution in [0.25, 0.3) is 0 Å². The molecule has 0 saturated heterocycles. The number of aryl methyl sites for hydroxylation is 1. The van der Waals surface area contributed by atoms with E-state index >= 15 is 0 Å². The van der Waals surface area contributed by atoms with Crippen LogP contribution in [-0.2, 0) is 0 Å². The van der Waals surface area contributed by atoms with Gasteiger partial charge in [0, 0.05) is 11.6 Å². The molecule has 0 fully saturated rings. The minimum absolute atomic E-state index is 0.118. The van der Waals surface area contributed by atoms with Crippen LogP contribution in [0.4, 0.5) is 4.39 Å². The van der Waals surface area contributed by atoms with Crippen LogP contribution in [-0.4, -0.2) is 20.3 Å². The molecule has 1 atom stereocenters. The van der Waals surface area contributed by atoms with Crippen molar-refractivity contribution in [3.63, 3.8) is 0 Å². The summed E-state index contributed by atoms with van der Waals surface area (Å²) < 4.78 is 17.4. The van der Waals surface area contributed by atoms with E-state index in [1.54, 1.807) is 0 Å². The van der Waals surface area contributed by atoms with Crippen molar-refractivity contribution in [3.8, 4) is 5.75 Å². The third kappa shape index (κ3) is 3.20. The molecule has 15 heavy (non-hydrogen) atoms. The average Bonchev–Trinajstić information content (AvgIpc) is 2.26. The highest BCUT2D eigenvalue weighted by Gasteiger charge is 2.09. The van der Waals surface area contributed by atoms with E-state index in [4.69, 9.17) is 4.74 Å². The van der Waals surface area contributed by atoms with Gasteiger partial charge >= 0.3 is 0 Å². The Morgan fingerprint density at radius 1 is 1.47 bits per heavy atom. The molecule has 0 aliphatic rings. The van der Waals surface area contributed by atoms with E-state index in [9.17, 15) is 4.39 Å². The summed E-state index contributed by atoms with van der Waals surface area (Å²) in [5.41, 5.74) is 2.26. The fraction of sp³-hybridized carbons (Fsp3) is 0.500. The molecular weight excluding hydrogens is 193 g/mol. The average molecular weight is 211 g/mol. The van der Waals surface area contributed by atoms with Gasteiger partial charge in [-0.2, -0.15) is 0 Å². The van der Waals surface area contributed by atoms with E-state index in [0.29, 0.717) is 0 Å².